The lowest BCUT2D eigenvalue weighted by Gasteiger charge is -2.16. The van der Waals surface area contributed by atoms with Gasteiger partial charge in [-0.15, -0.1) is 11.3 Å². The Morgan fingerprint density at radius 1 is 1.42 bits per heavy atom. The summed E-state index contributed by atoms with van der Waals surface area (Å²) in [5.74, 6) is -0.336. The van der Waals surface area contributed by atoms with E-state index in [1.165, 1.54) is 11.3 Å². The van der Waals surface area contributed by atoms with Crippen molar-refractivity contribution < 1.29 is 9.53 Å². The number of ether oxygens (including phenoxy) is 1. The molecule has 0 unspecified atom stereocenters. The van der Waals surface area contributed by atoms with Crippen LogP contribution in [0.1, 0.15) is 27.7 Å². The Morgan fingerprint density at radius 3 is 2.92 bits per heavy atom. The number of nitrogens with one attached hydrogen (secondary N) is 2. The minimum atomic E-state index is -0.336. The SMILES string of the molecule is CCOC(=O)c1c(NC(=S)Nc2cc(C)ccc2Cl)sc2c1N(C)CC2. The number of anilines is 3. The standard InChI is InChI=1S/C18H20ClN3O2S2/c1-4-24-17(23)14-15-13(7-8-22(15)3)26-16(14)21-18(25)20-12-9-10(2)5-6-11(12)19/h5-6,9H,4,7-8H2,1-3H3,(H2,20,21,25). The summed E-state index contributed by atoms with van der Waals surface area (Å²) in [4.78, 5) is 15.7. The molecule has 0 bridgehead atoms. The van der Waals surface area contributed by atoms with Crippen LogP contribution in [0.3, 0.4) is 0 Å². The molecule has 0 fully saturated rings. The molecule has 1 aliphatic heterocycles. The van der Waals surface area contributed by atoms with E-state index in [0.29, 0.717) is 27.3 Å². The van der Waals surface area contributed by atoms with Crippen LogP contribution in [0.5, 0.6) is 0 Å². The Labute approximate surface area is 167 Å². The zero-order valence-electron chi connectivity index (χ0n) is 14.8. The number of carbonyl (C=O) groups excluding carboxylic acids is 1. The fourth-order valence-corrected chi connectivity index (χ4v) is 4.57. The van der Waals surface area contributed by atoms with Gasteiger partial charge in [0.25, 0.3) is 0 Å². The minimum Gasteiger partial charge on any atom is -0.462 e. The number of thiophene rings is 1. The highest BCUT2D eigenvalue weighted by molar-refractivity contribution is 7.80. The molecule has 2 aromatic rings. The number of hydrogen-bond acceptors (Lipinski definition) is 5. The molecule has 5 nitrogen and oxygen atoms in total. The third kappa shape index (κ3) is 3.79. The summed E-state index contributed by atoms with van der Waals surface area (Å²) in [5.41, 5.74) is 3.28. The summed E-state index contributed by atoms with van der Waals surface area (Å²) in [7, 11) is 1.98. The summed E-state index contributed by atoms with van der Waals surface area (Å²) in [6.45, 7) is 5.01. The molecule has 0 aliphatic carbocycles. The molecule has 3 rings (SSSR count). The van der Waals surface area contributed by atoms with Gasteiger partial charge in [-0.1, -0.05) is 17.7 Å². The number of thiocarbonyl (C=S) groups is 1. The number of fused-ring (bicyclic) bond motifs is 1. The second-order valence-electron chi connectivity index (χ2n) is 6.03. The van der Waals surface area contributed by atoms with Crippen molar-refractivity contribution in [1.82, 2.24) is 0 Å². The third-order valence-electron chi connectivity index (χ3n) is 4.09. The van der Waals surface area contributed by atoms with E-state index >= 15 is 0 Å². The van der Waals surface area contributed by atoms with E-state index < -0.39 is 0 Å². The molecule has 1 aliphatic rings. The smallest absolute Gasteiger partial charge is 0.343 e. The van der Waals surface area contributed by atoms with E-state index in [1.54, 1.807) is 6.92 Å². The molecule has 2 N–H and O–H groups in total. The van der Waals surface area contributed by atoms with Crippen LogP contribution in [0.15, 0.2) is 18.2 Å². The monoisotopic (exact) mass is 409 g/mol. The summed E-state index contributed by atoms with van der Waals surface area (Å²) in [6.07, 6.45) is 0.911. The molecule has 0 saturated heterocycles. The Hall–Kier alpha value is -1.83. The zero-order valence-corrected chi connectivity index (χ0v) is 17.2. The van der Waals surface area contributed by atoms with Gasteiger partial charge in [0.15, 0.2) is 5.11 Å². The molecule has 138 valence electrons. The highest BCUT2D eigenvalue weighted by Crippen LogP contribution is 2.43. The molecule has 0 spiro atoms. The van der Waals surface area contributed by atoms with E-state index in [0.717, 1.165) is 34.8 Å². The van der Waals surface area contributed by atoms with Crippen LogP contribution in [0.4, 0.5) is 16.4 Å². The predicted octanol–water partition coefficient (Wildman–Crippen LogP) is 4.69. The van der Waals surface area contributed by atoms with Gasteiger partial charge in [0.2, 0.25) is 0 Å². The molecule has 0 saturated carbocycles. The van der Waals surface area contributed by atoms with Crippen molar-refractivity contribution >= 4 is 62.6 Å². The summed E-state index contributed by atoms with van der Waals surface area (Å²) in [5, 5.41) is 7.91. The highest BCUT2D eigenvalue weighted by Gasteiger charge is 2.31. The maximum Gasteiger partial charge on any atom is 0.343 e. The highest BCUT2D eigenvalue weighted by atomic mass is 35.5. The largest absolute Gasteiger partial charge is 0.462 e. The van der Waals surface area contributed by atoms with E-state index in [4.69, 9.17) is 28.6 Å². The van der Waals surface area contributed by atoms with Crippen molar-refractivity contribution in [3.8, 4) is 0 Å². The maximum absolute atomic E-state index is 12.5. The second kappa shape index (κ2) is 7.82. The first-order valence-corrected chi connectivity index (χ1v) is 9.89. The van der Waals surface area contributed by atoms with Crippen LogP contribution in [-0.2, 0) is 11.2 Å². The number of aryl methyl sites for hydroxylation is 1. The topological polar surface area (TPSA) is 53.6 Å². The number of esters is 1. The minimum absolute atomic E-state index is 0.328. The quantitative estimate of drug-likeness (QED) is 0.564. The second-order valence-corrected chi connectivity index (χ2v) is 7.95. The lowest BCUT2D eigenvalue weighted by Crippen LogP contribution is -2.22. The number of hydrogen-bond donors (Lipinski definition) is 2. The van der Waals surface area contributed by atoms with Crippen molar-refractivity contribution in [2.75, 3.05) is 35.7 Å². The Morgan fingerprint density at radius 2 is 2.19 bits per heavy atom. The normalized spacial score (nSPS) is 12.7. The van der Waals surface area contributed by atoms with Crippen LogP contribution in [0.25, 0.3) is 0 Å². The fourth-order valence-electron chi connectivity index (χ4n) is 2.90. The summed E-state index contributed by atoms with van der Waals surface area (Å²) in [6, 6.07) is 5.67. The molecule has 0 radical (unpaired) electrons. The van der Waals surface area contributed by atoms with E-state index in [1.807, 2.05) is 32.2 Å². The van der Waals surface area contributed by atoms with Crippen LogP contribution in [0.2, 0.25) is 5.02 Å². The molecule has 2 heterocycles. The van der Waals surface area contributed by atoms with Gasteiger partial charge in [0.05, 0.1) is 23.0 Å². The molecule has 26 heavy (non-hydrogen) atoms. The van der Waals surface area contributed by atoms with Gasteiger partial charge in [-0.25, -0.2) is 4.79 Å². The molecular weight excluding hydrogens is 390 g/mol. The average Bonchev–Trinajstić information content (AvgIpc) is 3.10. The van der Waals surface area contributed by atoms with Gasteiger partial charge in [-0.2, -0.15) is 0 Å². The number of rotatable bonds is 4. The molecular formula is C18H20ClN3O2S2. The van der Waals surface area contributed by atoms with Crippen molar-refractivity contribution in [3.63, 3.8) is 0 Å². The lowest BCUT2D eigenvalue weighted by molar-refractivity contribution is 0.0529. The van der Waals surface area contributed by atoms with E-state index in [9.17, 15) is 4.79 Å². The molecule has 0 amide bonds. The lowest BCUT2D eigenvalue weighted by atomic mass is 10.2. The predicted molar refractivity (Wildman–Crippen MR) is 113 cm³/mol. The van der Waals surface area contributed by atoms with Crippen molar-refractivity contribution in [2.45, 2.75) is 20.3 Å². The molecule has 8 heteroatoms. The Bertz CT molecular complexity index is 866. The maximum atomic E-state index is 12.5. The van der Waals surface area contributed by atoms with Crippen molar-refractivity contribution in [1.29, 1.82) is 0 Å². The number of carbonyl (C=O) groups is 1. The van der Waals surface area contributed by atoms with Gasteiger partial charge in [-0.05, 0) is 43.8 Å². The van der Waals surface area contributed by atoms with Crippen LogP contribution in [0, 0.1) is 6.92 Å². The van der Waals surface area contributed by atoms with Crippen molar-refractivity contribution in [2.24, 2.45) is 0 Å². The number of likely N-dealkylation sites (N-methyl/N-ethyl adjacent to an activating group) is 1. The first-order valence-electron chi connectivity index (χ1n) is 8.28. The van der Waals surface area contributed by atoms with Crippen LogP contribution in [-0.4, -0.2) is 31.3 Å². The summed E-state index contributed by atoms with van der Waals surface area (Å²) < 4.78 is 5.25. The first kappa shape index (κ1) is 18.9. The Balaban J connectivity index is 1.85. The van der Waals surface area contributed by atoms with Gasteiger partial charge in [0.1, 0.15) is 10.6 Å². The van der Waals surface area contributed by atoms with Crippen LogP contribution >= 0.6 is 35.2 Å². The fraction of sp³-hybridized carbons (Fsp3) is 0.333. The summed E-state index contributed by atoms with van der Waals surface area (Å²) >= 11 is 13.2. The molecule has 1 aromatic heterocycles. The van der Waals surface area contributed by atoms with Gasteiger partial charge in [0, 0.05) is 24.9 Å². The Kier molecular flexibility index (Phi) is 5.70. The van der Waals surface area contributed by atoms with E-state index in [-0.39, 0.29) is 5.97 Å². The third-order valence-corrected chi connectivity index (χ3v) is 5.77. The molecule has 1 aromatic carbocycles. The number of benzene rings is 1. The van der Waals surface area contributed by atoms with Gasteiger partial charge >= 0.3 is 5.97 Å². The molecule has 0 atom stereocenters. The van der Waals surface area contributed by atoms with Gasteiger partial charge < -0.3 is 20.3 Å². The van der Waals surface area contributed by atoms with Gasteiger partial charge in [-0.3, -0.25) is 0 Å². The number of nitrogens with zero attached hydrogens (tertiary/aromatic N) is 1. The number of halogens is 1. The van der Waals surface area contributed by atoms with Crippen molar-refractivity contribution in [3.05, 3.63) is 39.2 Å². The first-order chi connectivity index (χ1) is 12.4. The van der Waals surface area contributed by atoms with E-state index in [2.05, 4.69) is 15.5 Å². The zero-order chi connectivity index (χ0) is 18.8. The average molecular weight is 410 g/mol. The van der Waals surface area contributed by atoms with Crippen LogP contribution < -0.4 is 15.5 Å².